The van der Waals surface area contributed by atoms with E-state index in [4.69, 9.17) is 9.47 Å². The molecule has 0 bridgehead atoms. The number of nitrogens with one attached hydrogen (secondary N) is 4. The van der Waals surface area contributed by atoms with Gasteiger partial charge in [0.1, 0.15) is 11.5 Å². The van der Waals surface area contributed by atoms with Crippen molar-refractivity contribution in [3.63, 3.8) is 0 Å². The molecule has 0 aliphatic rings. The summed E-state index contributed by atoms with van der Waals surface area (Å²) in [6, 6.07) is 19.1. The lowest BCUT2D eigenvalue weighted by atomic mass is 10.1. The zero-order valence-electron chi connectivity index (χ0n) is 25.4. The number of amides is 4. The summed E-state index contributed by atoms with van der Waals surface area (Å²) in [7, 11) is 0. The number of carbonyl (C=O) groups excluding carboxylic acids is 4. The van der Waals surface area contributed by atoms with E-state index in [1.165, 1.54) is 37.1 Å². The van der Waals surface area contributed by atoms with Gasteiger partial charge in [0, 0.05) is 22.3 Å². The molecule has 3 aromatic carbocycles. The lowest BCUT2D eigenvalue weighted by Gasteiger charge is -2.10. The Balaban J connectivity index is 1.39. The number of unbranched alkanes of at least 4 members (excludes halogenated alkanes) is 6. The van der Waals surface area contributed by atoms with Crippen LogP contribution < -0.4 is 31.2 Å². The van der Waals surface area contributed by atoms with Gasteiger partial charge in [-0.15, -0.1) is 0 Å². The molecule has 0 spiro atoms. The summed E-state index contributed by atoms with van der Waals surface area (Å²) in [5, 5.41) is 0. The third-order valence-corrected chi connectivity index (χ3v) is 6.75. The highest BCUT2D eigenvalue weighted by Crippen LogP contribution is 2.14. The average molecular weight is 603 g/mol. The van der Waals surface area contributed by atoms with E-state index in [1.54, 1.807) is 48.5 Å². The standard InChI is InChI=1S/C34H42N4O6/c1-3-5-7-9-23-43-29-19-15-27(16-20-29)33(41)37-35-31(39)25-11-13-26(14-12-25)32(40)36-38-34(42)28-17-21-30(22-18-28)44-24-10-8-6-4-2/h11-22H,3-10,23-24H2,1-2H3,(H,35,39)(H,36,40)(H,37,41)(H,38,42). The minimum absolute atomic E-state index is 0.227. The van der Waals surface area contributed by atoms with Gasteiger partial charge < -0.3 is 9.47 Å². The molecule has 0 unspecified atom stereocenters. The Labute approximate surface area is 258 Å². The molecule has 0 saturated heterocycles. The number of hydrogen-bond acceptors (Lipinski definition) is 6. The molecule has 44 heavy (non-hydrogen) atoms. The smallest absolute Gasteiger partial charge is 0.269 e. The summed E-state index contributed by atoms with van der Waals surface area (Å²) in [6.45, 7) is 5.56. The van der Waals surface area contributed by atoms with E-state index in [1.807, 2.05) is 0 Å². The molecule has 0 saturated carbocycles. The zero-order chi connectivity index (χ0) is 31.6. The minimum atomic E-state index is -0.556. The molecule has 0 aromatic heterocycles. The Morgan fingerprint density at radius 1 is 0.432 bits per heavy atom. The minimum Gasteiger partial charge on any atom is -0.494 e. The average Bonchev–Trinajstić information content (AvgIpc) is 3.06. The van der Waals surface area contributed by atoms with Gasteiger partial charge in [0.15, 0.2) is 0 Å². The first kappa shape index (κ1) is 33.6. The van der Waals surface area contributed by atoms with E-state index in [9.17, 15) is 19.2 Å². The summed E-state index contributed by atoms with van der Waals surface area (Å²) in [6.07, 6.45) is 8.89. The lowest BCUT2D eigenvalue weighted by molar-refractivity contribution is 0.0844. The van der Waals surface area contributed by atoms with Crippen LogP contribution >= 0.6 is 0 Å². The summed E-state index contributed by atoms with van der Waals surface area (Å²) in [4.78, 5) is 49.8. The molecule has 0 fully saturated rings. The molecule has 4 amide bonds. The van der Waals surface area contributed by atoms with Gasteiger partial charge in [-0.05, 0) is 85.6 Å². The van der Waals surface area contributed by atoms with Crippen molar-refractivity contribution in [2.75, 3.05) is 13.2 Å². The van der Waals surface area contributed by atoms with Crippen LogP contribution in [0.4, 0.5) is 0 Å². The Morgan fingerprint density at radius 2 is 0.705 bits per heavy atom. The van der Waals surface area contributed by atoms with Crippen molar-refractivity contribution in [3.8, 4) is 11.5 Å². The second-order valence-corrected chi connectivity index (χ2v) is 10.3. The molecule has 0 aliphatic heterocycles. The van der Waals surface area contributed by atoms with Crippen molar-refractivity contribution in [3.05, 3.63) is 95.1 Å². The first-order valence-corrected chi connectivity index (χ1v) is 15.2. The fraction of sp³-hybridized carbons (Fsp3) is 0.353. The number of carbonyl (C=O) groups is 4. The largest absolute Gasteiger partial charge is 0.494 e. The van der Waals surface area contributed by atoms with Gasteiger partial charge in [-0.25, -0.2) is 0 Å². The van der Waals surface area contributed by atoms with E-state index < -0.39 is 23.6 Å². The summed E-state index contributed by atoms with van der Waals surface area (Å²) in [5.41, 5.74) is 10.6. The van der Waals surface area contributed by atoms with Crippen LogP contribution in [0.15, 0.2) is 72.8 Å². The lowest BCUT2D eigenvalue weighted by Crippen LogP contribution is -2.42. The van der Waals surface area contributed by atoms with Crippen LogP contribution in [-0.4, -0.2) is 36.8 Å². The fourth-order valence-corrected chi connectivity index (χ4v) is 4.13. The maximum atomic E-state index is 12.5. The molecule has 0 heterocycles. The highest BCUT2D eigenvalue weighted by atomic mass is 16.5. The topological polar surface area (TPSA) is 135 Å². The van der Waals surface area contributed by atoms with Crippen LogP contribution in [-0.2, 0) is 0 Å². The van der Waals surface area contributed by atoms with E-state index >= 15 is 0 Å². The third kappa shape index (κ3) is 11.4. The Kier molecular flexibility index (Phi) is 14.2. The van der Waals surface area contributed by atoms with E-state index in [2.05, 4.69) is 35.6 Å². The first-order valence-electron chi connectivity index (χ1n) is 15.2. The van der Waals surface area contributed by atoms with Crippen LogP contribution in [0.25, 0.3) is 0 Å². The zero-order valence-corrected chi connectivity index (χ0v) is 25.4. The van der Waals surface area contributed by atoms with Crippen LogP contribution in [0.3, 0.4) is 0 Å². The van der Waals surface area contributed by atoms with Gasteiger partial charge in [-0.1, -0.05) is 52.4 Å². The normalized spacial score (nSPS) is 10.4. The summed E-state index contributed by atoms with van der Waals surface area (Å²) in [5.74, 6) is -0.719. The van der Waals surface area contributed by atoms with Gasteiger partial charge in [-0.2, -0.15) is 0 Å². The summed E-state index contributed by atoms with van der Waals surface area (Å²) < 4.78 is 11.4. The second kappa shape index (κ2) is 18.6. The van der Waals surface area contributed by atoms with Crippen LogP contribution in [0.2, 0.25) is 0 Å². The van der Waals surface area contributed by atoms with Crippen molar-refractivity contribution >= 4 is 23.6 Å². The number of hydrazine groups is 2. The fourth-order valence-electron chi connectivity index (χ4n) is 4.13. The maximum absolute atomic E-state index is 12.5. The number of rotatable bonds is 16. The monoisotopic (exact) mass is 602 g/mol. The maximum Gasteiger partial charge on any atom is 0.269 e. The number of hydrogen-bond donors (Lipinski definition) is 4. The van der Waals surface area contributed by atoms with Crippen LogP contribution in [0, 0.1) is 0 Å². The summed E-state index contributed by atoms with van der Waals surface area (Å²) >= 11 is 0. The molecule has 0 radical (unpaired) electrons. The molecule has 0 atom stereocenters. The van der Waals surface area contributed by atoms with Crippen molar-refractivity contribution in [2.45, 2.75) is 65.2 Å². The highest BCUT2D eigenvalue weighted by molar-refractivity contribution is 6.01. The Bertz CT molecular complexity index is 1240. The first-order chi connectivity index (χ1) is 21.4. The quantitative estimate of drug-likeness (QED) is 0.122. The molecule has 0 aliphatic carbocycles. The predicted octanol–water partition coefficient (Wildman–Crippen LogP) is 5.75. The predicted molar refractivity (Wildman–Crippen MR) is 168 cm³/mol. The number of ether oxygens (including phenoxy) is 2. The van der Waals surface area contributed by atoms with Crippen molar-refractivity contribution in [1.82, 2.24) is 21.7 Å². The molecular formula is C34H42N4O6. The van der Waals surface area contributed by atoms with E-state index in [0.29, 0.717) is 35.8 Å². The Hall–Kier alpha value is -4.86. The van der Waals surface area contributed by atoms with Crippen molar-refractivity contribution in [1.29, 1.82) is 0 Å². The molecule has 234 valence electrons. The Morgan fingerprint density at radius 3 is 0.977 bits per heavy atom. The van der Waals surface area contributed by atoms with E-state index in [0.717, 1.165) is 38.5 Å². The van der Waals surface area contributed by atoms with Gasteiger partial charge in [0.2, 0.25) is 0 Å². The van der Waals surface area contributed by atoms with Crippen LogP contribution in [0.5, 0.6) is 11.5 Å². The van der Waals surface area contributed by atoms with Crippen molar-refractivity contribution < 1.29 is 28.7 Å². The molecule has 3 rings (SSSR count). The van der Waals surface area contributed by atoms with Crippen molar-refractivity contribution in [2.24, 2.45) is 0 Å². The second-order valence-electron chi connectivity index (χ2n) is 10.3. The molecular weight excluding hydrogens is 560 g/mol. The van der Waals surface area contributed by atoms with Crippen LogP contribution in [0.1, 0.15) is 107 Å². The molecule has 10 nitrogen and oxygen atoms in total. The molecule has 3 aromatic rings. The SMILES string of the molecule is CCCCCCOc1ccc(C(=O)NNC(=O)c2ccc(C(=O)NNC(=O)c3ccc(OCCCCCC)cc3)cc2)cc1. The highest BCUT2D eigenvalue weighted by Gasteiger charge is 2.13. The molecule has 4 N–H and O–H groups in total. The van der Waals surface area contributed by atoms with Gasteiger partial charge in [0.25, 0.3) is 23.6 Å². The van der Waals surface area contributed by atoms with Gasteiger partial charge >= 0.3 is 0 Å². The van der Waals surface area contributed by atoms with Gasteiger partial charge in [0.05, 0.1) is 13.2 Å². The van der Waals surface area contributed by atoms with Gasteiger partial charge in [-0.3, -0.25) is 40.9 Å². The third-order valence-electron chi connectivity index (χ3n) is 6.75. The van der Waals surface area contributed by atoms with E-state index in [-0.39, 0.29) is 11.1 Å². The molecule has 10 heteroatoms. The number of benzene rings is 3.